The van der Waals surface area contributed by atoms with Gasteiger partial charge in [0.1, 0.15) is 29.9 Å². The molecule has 15 heteroatoms. The monoisotopic (exact) mass is 740 g/mol. The van der Waals surface area contributed by atoms with E-state index in [0.29, 0.717) is 31.4 Å². The van der Waals surface area contributed by atoms with Crippen LogP contribution in [0.3, 0.4) is 0 Å². The summed E-state index contributed by atoms with van der Waals surface area (Å²) in [5.41, 5.74) is 6.39. The number of ketones is 1. The lowest BCUT2D eigenvalue weighted by Gasteiger charge is -2.37. The molecule has 15 nitrogen and oxygen atoms in total. The van der Waals surface area contributed by atoms with Gasteiger partial charge in [0, 0.05) is 44.3 Å². The number of rotatable bonds is 17. The van der Waals surface area contributed by atoms with E-state index in [9.17, 15) is 43.8 Å². The van der Waals surface area contributed by atoms with Gasteiger partial charge < -0.3 is 42.1 Å². The van der Waals surface area contributed by atoms with Crippen LogP contribution in [0.1, 0.15) is 102 Å². The third-order valence-corrected chi connectivity index (χ3v) is 9.83. The number of amides is 5. The Morgan fingerprint density at radius 2 is 1.72 bits per heavy atom. The van der Waals surface area contributed by atoms with Gasteiger partial charge in [-0.3, -0.25) is 28.8 Å². The first-order chi connectivity index (χ1) is 25.3. The average molecular weight is 741 g/mol. The maximum atomic E-state index is 14.2. The van der Waals surface area contributed by atoms with Gasteiger partial charge in [0.15, 0.2) is 5.78 Å². The summed E-state index contributed by atoms with van der Waals surface area (Å²) in [6.07, 6.45) is 9.28. The molecule has 1 heterocycles. The first-order valence-corrected chi connectivity index (χ1v) is 18.7. The third kappa shape index (κ3) is 12.7. The van der Waals surface area contributed by atoms with Crippen molar-refractivity contribution in [1.29, 1.82) is 0 Å². The van der Waals surface area contributed by atoms with Crippen LogP contribution in [0.15, 0.2) is 30.4 Å². The number of aromatic hydroxyl groups is 1. The Kier molecular flexibility index (Phi) is 16.9. The number of nitrogens with one attached hydrogen (secondary N) is 4. The predicted molar refractivity (Wildman–Crippen MR) is 196 cm³/mol. The number of phenolic OH excluding ortho intramolecular Hbond substituents is 1. The molecule has 6 atom stereocenters. The Labute approximate surface area is 310 Å². The zero-order chi connectivity index (χ0) is 39.1. The first-order valence-electron chi connectivity index (χ1n) is 18.7. The van der Waals surface area contributed by atoms with Crippen LogP contribution in [0.25, 0.3) is 0 Å². The van der Waals surface area contributed by atoms with Crippen LogP contribution < -0.4 is 27.0 Å². The molecule has 6 unspecified atom stereocenters. The van der Waals surface area contributed by atoms with Crippen LogP contribution in [0.4, 0.5) is 0 Å². The number of carbonyl (C=O) groups is 7. The number of phenols is 1. The van der Waals surface area contributed by atoms with Gasteiger partial charge in [0.2, 0.25) is 29.5 Å². The number of unbranched alkanes of at least 4 members (excludes halogenated alkanes) is 5. The summed E-state index contributed by atoms with van der Waals surface area (Å²) in [7, 11) is 1.40. The lowest BCUT2D eigenvalue weighted by molar-refractivity contribution is -0.145. The van der Waals surface area contributed by atoms with Crippen LogP contribution in [-0.4, -0.2) is 101 Å². The van der Waals surface area contributed by atoms with Gasteiger partial charge in [-0.2, -0.15) is 0 Å². The Balaban J connectivity index is 1.87. The molecule has 0 fully saturated rings. The Morgan fingerprint density at radius 1 is 0.981 bits per heavy atom. The van der Waals surface area contributed by atoms with E-state index in [-0.39, 0.29) is 55.2 Å². The molecule has 0 aromatic heterocycles. The molecule has 53 heavy (non-hydrogen) atoms. The summed E-state index contributed by atoms with van der Waals surface area (Å²) in [5.74, 6) is -6.28. The number of nitrogens with two attached hydrogens (primary N) is 1. The van der Waals surface area contributed by atoms with Crippen molar-refractivity contribution in [3.05, 3.63) is 41.5 Å². The lowest BCUT2D eigenvalue weighted by atomic mass is 9.77. The normalized spacial score (nSPS) is 22.1. The molecule has 0 spiro atoms. The second-order valence-electron chi connectivity index (χ2n) is 14.0. The van der Waals surface area contributed by atoms with Gasteiger partial charge in [0.25, 0.3) is 0 Å². The highest BCUT2D eigenvalue weighted by Gasteiger charge is 2.41. The largest absolute Gasteiger partial charge is 0.508 e. The standard InChI is InChI=1S/C38H56N6O9/c1-4-5-6-7-8-12-32(47)40-19-17-33(48)42-28(11-9-10-18-39)37(51)44(3)34-25-14-16-31(46)27(22-25)26-20-24(13-15-30(26)45)21-29(38(52)53)43-35(49)23(2)41-36(34)50/h13-16,20,23,25,27-29,34,45H,4-12,17-19,21-22,39H2,1-3H3,(H,40,47)(H,41,50)(H,42,48)(H,43,49)(H,52,53). The van der Waals surface area contributed by atoms with Crippen LogP contribution >= 0.6 is 0 Å². The third-order valence-electron chi connectivity index (χ3n) is 9.83. The van der Waals surface area contributed by atoms with Crippen molar-refractivity contribution in [3.8, 4) is 5.75 Å². The second-order valence-corrected chi connectivity index (χ2v) is 14.0. The Morgan fingerprint density at radius 3 is 2.42 bits per heavy atom. The quantitative estimate of drug-likeness (QED) is 0.114. The summed E-state index contributed by atoms with van der Waals surface area (Å²) in [5, 5.41) is 31.2. The van der Waals surface area contributed by atoms with Crippen molar-refractivity contribution in [2.75, 3.05) is 20.1 Å². The number of carbonyl (C=O) groups excluding carboxylic acids is 6. The van der Waals surface area contributed by atoms with E-state index in [2.05, 4.69) is 28.2 Å². The molecule has 1 aliphatic carbocycles. The van der Waals surface area contributed by atoms with Crippen LogP contribution in [0.2, 0.25) is 0 Å². The summed E-state index contributed by atoms with van der Waals surface area (Å²) >= 11 is 0. The predicted octanol–water partition coefficient (Wildman–Crippen LogP) is 1.56. The highest BCUT2D eigenvalue weighted by molar-refractivity contribution is 5.98. The van der Waals surface area contributed by atoms with E-state index in [0.717, 1.165) is 32.1 Å². The van der Waals surface area contributed by atoms with Gasteiger partial charge in [-0.05, 0) is 63.3 Å². The molecule has 292 valence electrons. The Bertz CT molecular complexity index is 1510. The first kappa shape index (κ1) is 42.6. The number of nitrogens with zero attached hydrogens (tertiary/aromatic N) is 1. The number of hydrogen-bond acceptors (Lipinski definition) is 9. The molecule has 1 aromatic carbocycles. The zero-order valence-corrected chi connectivity index (χ0v) is 31.0. The summed E-state index contributed by atoms with van der Waals surface area (Å²) < 4.78 is 0. The summed E-state index contributed by atoms with van der Waals surface area (Å²) in [4.78, 5) is 93.2. The smallest absolute Gasteiger partial charge is 0.326 e. The highest BCUT2D eigenvalue weighted by Crippen LogP contribution is 2.38. The van der Waals surface area contributed by atoms with Crippen molar-refractivity contribution >= 4 is 41.3 Å². The minimum Gasteiger partial charge on any atom is -0.508 e. The van der Waals surface area contributed by atoms with Crippen molar-refractivity contribution in [2.45, 2.75) is 121 Å². The van der Waals surface area contributed by atoms with Gasteiger partial charge in [-0.15, -0.1) is 0 Å². The summed E-state index contributed by atoms with van der Waals surface area (Å²) in [6, 6.07) is -0.528. The van der Waals surface area contributed by atoms with E-state index in [1.165, 1.54) is 49.2 Å². The van der Waals surface area contributed by atoms with E-state index in [4.69, 9.17) is 5.73 Å². The lowest BCUT2D eigenvalue weighted by Crippen LogP contribution is -2.59. The minimum absolute atomic E-state index is 0.00743. The fourth-order valence-electron chi connectivity index (χ4n) is 6.77. The molecular formula is C38H56N6O9. The SMILES string of the molecule is CCCCCCCC(=O)NCCC(=O)NC(CCCCN)C(=O)N(C)C1C(=O)NC(C)C(=O)NC(C(=O)O)Cc2ccc(O)c(c2)C2CC1C=CC2=O. The number of fused-ring (bicyclic) bond motifs is 5. The summed E-state index contributed by atoms with van der Waals surface area (Å²) in [6.45, 7) is 3.95. The second kappa shape index (κ2) is 21.0. The van der Waals surface area contributed by atoms with Crippen molar-refractivity contribution in [2.24, 2.45) is 11.7 Å². The molecule has 1 aromatic rings. The molecular weight excluding hydrogens is 684 g/mol. The molecule has 8 N–H and O–H groups in total. The number of likely N-dealkylation sites (N-methyl/N-ethyl adjacent to an activating group) is 1. The van der Waals surface area contributed by atoms with Crippen LogP contribution in [0.5, 0.6) is 5.75 Å². The Hall–Kier alpha value is -4.79. The van der Waals surface area contributed by atoms with Crippen molar-refractivity contribution < 1.29 is 43.8 Å². The van der Waals surface area contributed by atoms with E-state index < -0.39 is 65.6 Å². The number of aliphatic carboxylic acids is 1. The fourth-order valence-corrected chi connectivity index (χ4v) is 6.77. The van der Waals surface area contributed by atoms with E-state index in [1.807, 2.05) is 0 Å². The van der Waals surface area contributed by atoms with Gasteiger partial charge in [0.05, 0.1) is 5.92 Å². The maximum Gasteiger partial charge on any atom is 0.326 e. The molecule has 0 radical (unpaired) electrons. The van der Waals surface area contributed by atoms with Gasteiger partial charge in [-0.1, -0.05) is 50.8 Å². The van der Waals surface area contributed by atoms with Gasteiger partial charge in [-0.25, -0.2) is 4.79 Å². The van der Waals surface area contributed by atoms with Crippen LogP contribution in [-0.2, 0) is 40.0 Å². The molecule has 2 aliphatic rings. The molecule has 5 amide bonds. The van der Waals surface area contributed by atoms with Crippen LogP contribution in [0, 0.1) is 5.92 Å². The average Bonchev–Trinajstić information content (AvgIpc) is 3.11. The zero-order valence-electron chi connectivity index (χ0n) is 31.0. The molecule has 1 aliphatic heterocycles. The van der Waals surface area contributed by atoms with E-state index in [1.54, 1.807) is 0 Å². The fraction of sp³-hybridized carbons (Fsp3) is 0.605. The van der Waals surface area contributed by atoms with Gasteiger partial charge >= 0.3 is 5.97 Å². The minimum atomic E-state index is -1.38. The molecule has 4 bridgehead atoms. The molecule has 0 saturated carbocycles. The number of carboxylic acid groups (broad SMARTS) is 1. The number of allylic oxidation sites excluding steroid dienone is 1. The number of carboxylic acids is 1. The van der Waals surface area contributed by atoms with Crippen molar-refractivity contribution in [3.63, 3.8) is 0 Å². The highest BCUT2D eigenvalue weighted by atomic mass is 16.4. The topological polar surface area (TPSA) is 237 Å². The van der Waals surface area contributed by atoms with Crippen molar-refractivity contribution in [1.82, 2.24) is 26.2 Å². The number of benzene rings is 1. The van der Waals surface area contributed by atoms with E-state index >= 15 is 0 Å². The number of hydrogen-bond donors (Lipinski definition) is 7. The maximum absolute atomic E-state index is 14.2. The molecule has 0 saturated heterocycles. The molecule has 3 rings (SSSR count).